The van der Waals surface area contributed by atoms with Crippen LogP contribution < -0.4 is 5.56 Å². The fourth-order valence-corrected chi connectivity index (χ4v) is 4.57. The third kappa shape index (κ3) is 4.04. The van der Waals surface area contributed by atoms with Crippen LogP contribution in [0.25, 0.3) is 16.7 Å². The number of aryl methyl sites for hydroxylation is 1. The summed E-state index contributed by atoms with van der Waals surface area (Å²) in [5.41, 5.74) is 0.326. The molecule has 0 aliphatic carbocycles. The molecule has 0 N–H and O–H groups in total. The van der Waals surface area contributed by atoms with Crippen LogP contribution in [0, 0.1) is 11.6 Å². The predicted octanol–water partition coefficient (Wildman–Crippen LogP) is 4.88. The molecule has 0 saturated heterocycles. The van der Waals surface area contributed by atoms with E-state index < -0.39 is 22.7 Å². The minimum absolute atomic E-state index is 0.134. The maximum atomic E-state index is 14.1. The molecule has 4 aromatic rings. The van der Waals surface area contributed by atoms with E-state index in [-0.39, 0.29) is 11.1 Å². The number of Topliss-reactive ketones (excluding diaryl/α,β-unsaturated/α-hetero) is 1. The lowest BCUT2D eigenvalue weighted by molar-refractivity contribution is 0.0990. The first-order valence-corrected chi connectivity index (χ1v) is 11.3. The lowest BCUT2D eigenvalue weighted by Gasteiger charge is -2.13. The number of ketones is 1. The highest BCUT2D eigenvalue weighted by Crippen LogP contribution is 2.27. The van der Waals surface area contributed by atoms with Gasteiger partial charge in [0.2, 0.25) is 5.78 Å². The highest BCUT2D eigenvalue weighted by Gasteiger charge is 2.24. The van der Waals surface area contributed by atoms with E-state index in [1.54, 1.807) is 34.1 Å². The molecular formula is C23H22F2N4O2S. The van der Waals surface area contributed by atoms with E-state index in [9.17, 15) is 18.4 Å². The summed E-state index contributed by atoms with van der Waals surface area (Å²) in [5, 5.41) is 8.72. The molecule has 0 radical (unpaired) electrons. The molecular weight excluding hydrogens is 434 g/mol. The lowest BCUT2D eigenvalue weighted by Crippen LogP contribution is -2.23. The summed E-state index contributed by atoms with van der Waals surface area (Å²) in [6.07, 6.45) is 2.83. The van der Waals surface area contributed by atoms with Crippen LogP contribution in [0.15, 0.2) is 52.4 Å². The van der Waals surface area contributed by atoms with E-state index in [0.29, 0.717) is 34.4 Å². The Labute approximate surface area is 187 Å². The number of benzene rings is 2. The molecule has 0 saturated carbocycles. The van der Waals surface area contributed by atoms with Gasteiger partial charge in [-0.05, 0) is 37.6 Å². The summed E-state index contributed by atoms with van der Waals surface area (Å²) < 4.78 is 30.7. The summed E-state index contributed by atoms with van der Waals surface area (Å²) in [5.74, 6) is -1.72. The SMILES string of the molecule is CCCCCn1c(=O)c2ccccc2n2c(SC(C)C(=O)c3ccc(F)cc3F)nnc12. The Hall–Kier alpha value is -3.07. The van der Waals surface area contributed by atoms with E-state index in [4.69, 9.17) is 0 Å². The number of unbranched alkanes of at least 4 members (excludes halogenated alkanes) is 2. The fraction of sp³-hybridized carbons (Fsp3) is 0.304. The van der Waals surface area contributed by atoms with Crippen LogP contribution in [0.1, 0.15) is 43.5 Å². The second-order valence-corrected chi connectivity index (χ2v) is 8.86. The molecule has 32 heavy (non-hydrogen) atoms. The van der Waals surface area contributed by atoms with Crippen molar-refractivity contribution in [2.45, 2.75) is 50.1 Å². The zero-order valence-electron chi connectivity index (χ0n) is 17.7. The molecule has 0 amide bonds. The molecule has 0 spiro atoms. The van der Waals surface area contributed by atoms with Gasteiger partial charge < -0.3 is 0 Å². The van der Waals surface area contributed by atoms with Crippen molar-refractivity contribution in [2.75, 3.05) is 0 Å². The number of fused-ring (bicyclic) bond motifs is 3. The Morgan fingerprint density at radius 3 is 2.66 bits per heavy atom. The zero-order valence-corrected chi connectivity index (χ0v) is 18.5. The molecule has 2 aromatic heterocycles. The van der Waals surface area contributed by atoms with E-state index >= 15 is 0 Å². The third-order valence-corrected chi connectivity index (χ3v) is 6.35. The van der Waals surface area contributed by atoms with Crippen molar-refractivity contribution in [3.8, 4) is 0 Å². The van der Waals surface area contributed by atoms with Gasteiger partial charge in [-0.15, -0.1) is 10.2 Å². The molecule has 9 heteroatoms. The van der Waals surface area contributed by atoms with E-state index in [2.05, 4.69) is 17.1 Å². The van der Waals surface area contributed by atoms with Gasteiger partial charge in [0.05, 0.1) is 21.7 Å². The van der Waals surface area contributed by atoms with Gasteiger partial charge in [0, 0.05) is 12.6 Å². The Balaban J connectivity index is 1.76. The molecule has 1 unspecified atom stereocenters. The van der Waals surface area contributed by atoms with Crippen molar-refractivity contribution < 1.29 is 13.6 Å². The monoisotopic (exact) mass is 456 g/mol. The van der Waals surface area contributed by atoms with Gasteiger partial charge in [-0.1, -0.05) is 43.7 Å². The molecule has 2 heterocycles. The molecule has 6 nitrogen and oxygen atoms in total. The maximum Gasteiger partial charge on any atom is 0.262 e. The highest BCUT2D eigenvalue weighted by molar-refractivity contribution is 8.00. The number of hydrogen-bond acceptors (Lipinski definition) is 5. The van der Waals surface area contributed by atoms with E-state index in [0.717, 1.165) is 43.2 Å². The summed E-state index contributed by atoms with van der Waals surface area (Å²) >= 11 is 1.12. The van der Waals surface area contributed by atoms with E-state index in [1.807, 2.05) is 6.07 Å². The average molecular weight is 457 g/mol. The second-order valence-electron chi connectivity index (χ2n) is 7.55. The van der Waals surface area contributed by atoms with Crippen molar-refractivity contribution in [3.05, 3.63) is 70.0 Å². The first-order chi connectivity index (χ1) is 15.4. The zero-order chi connectivity index (χ0) is 22.8. The Kier molecular flexibility index (Phi) is 6.36. The molecule has 1 atom stereocenters. The molecule has 2 aromatic carbocycles. The largest absolute Gasteiger partial charge is 0.293 e. The van der Waals surface area contributed by atoms with Crippen molar-refractivity contribution in [1.82, 2.24) is 19.2 Å². The van der Waals surface area contributed by atoms with Crippen LogP contribution in [0.3, 0.4) is 0 Å². The van der Waals surface area contributed by atoms with Crippen molar-refractivity contribution in [1.29, 1.82) is 0 Å². The number of carbonyl (C=O) groups excluding carboxylic acids is 1. The highest BCUT2D eigenvalue weighted by atomic mass is 32.2. The van der Waals surface area contributed by atoms with Crippen LogP contribution in [0.5, 0.6) is 0 Å². The Bertz CT molecular complexity index is 1370. The molecule has 4 rings (SSSR count). The number of para-hydroxylation sites is 1. The quantitative estimate of drug-likeness (QED) is 0.215. The second kappa shape index (κ2) is 9.20. The Morgan fingerprint density at radius 1 is 1.12 bits per heavy atom. The smallest absolute Gasteiger partial charge is 0.262 e. The van der Waals surface area contributed by atoms with Crippen molar-refractivity contribution >= 4 is 34.2 Å². The number of nitrogens with zero attached hydrogens (tertiary/aromatic N) is 4. The van der Waals surface area contributed by atoms with Gasteiger partial charge in [-0.2, -0.15) is 0 Å². The standard InChI is InChI=1S/C23H22F2N4O2S/c1-3-4-7-12-28-21(31)17-8-5-6-9-19(17)29-22(28)26-27-23(29)32-14(2)20(30)16-11-10-15(24)13-18(16)25/h5-6,8-11,13-14H,3-4,7,12H2,1-2H3. The first kappa shape index (κ1) is 22.1. The van der Waals surface area contributed by atoms with Gasteiger partial charge in [0.1, 0.15) is 11.6 Å². The summed E-state index contributed by atoms with van der Waals surface area (Å²) in [4.78, 5) is 25.9. The molecule has 0 aliphatic heterocycles. The predicted molar refractivity (Wildman–Crippen MR) is 120 cm³/mol. The third-order valence-electron chi connectivity index (χ3n) is 5.31. The van der Waals surface area contributed by atoms with Crippen LogP contribution in [0.2, 0.25) is 0 Å². The van der Waals surface area contributed by atoms with Crippen molar-refractivity contribution in [2.24, 2.45) is 0 Å². The number of halogens is 2. The molecule has 0 fully saturated rings. The normalized spacial score (nSPS) is 12.5. The van der Waals surface area contributed by atoms with Gasteiger partial charge in [-0.25, -0.2) is 8.78 Å². The molecule has 0 bridgehead atoms. The van der Waals surface area contributed by atoms with Gasteiger partial charge >= 0.3 is 0 Å². The number of carbonyl (C=O) groups is 1. The number of hydrogen-bond donors (Lipinski definition) is 0. The van der Waals surface area contributed by atoms with Crippen LogP contribution in [-0.2, 0) is 6.54 Å². The number of rotatable bonds is 8. The fourth-order valence-electron chi connectivity index (χ4n) is 3.65. The van der Waals surface area contributed by atoms with Crippen molar-refractivity contribution in [3.63, 3.8) is 0 Å². The Morgan fingerprint density at radius 2 is 1.91 bits per heavy atom. The topological polar surface area (TPSA) is 69.3 Å². The number of aromatic nitrogens is 4. The molecule has 166 valence electrons. The van der Waals surface area contributed by atoms with Gasteiger partial charge in [0.25, 0.3) is 5.56 Å². The lowest BCUT2D eigenvalue weighted by atomic mass is 10.1. The van der Waals surface area contributed by atoms with E-state index in [1.165, 1.54) is 0 Å². The van der Waals surface area contributed by atoms with Crippen LogP contribution in [0.4, 0.5) is 8.78 Å². The first-order valence-electron chi connectivity index (χ1n) is 10.4. The van der Waals surface area contributed by atoms with Gasteiger partial charge in [-0.3, -0.25) is 18.6 Å². The maximum absolute atomic E-state index is 14.1. The van der Waals surface area contributed by atoms with Gasteiger partial charge in [0.15, 0.2) is 10.9 Å². The average Bonchev–Trinajstić information content (AvgIpc) is 3.19. The number of thioether (sulfide) groups is 1. The summed E-state index contributed by atoms with van der Waals surface area (Å²) in [6.45, 7) is 4.24. The minimum atomic E-state index is -0.899. The minimum Gasteiger partial charge on any atom is -0.293 e. The summed E-state index contributed by atoms with van der Waals surface area (Å²) in [6, 6.07) is 10.1. The van der Waals surface area contributed by atoms with Crippen LogP contribution >= 0.6 is 11.8 Å². The molecule has 0 aliphatic rings. The summed E-state index contributed by atoms with van der Waals surface area (Å²) in [7, 11) is 0. The van der Waals surface area contributed by atoms with Crippen LogP contribution in [-0.4, -0.2) is 30.2 Å².